The molecular weight excluding hydrogens is 374 g/mol. The van der Waals surface area contributed by atoms with Crippen LogP contribution in [0, 0.1) is 5.92 Å². The fourth-order valence-electron chi connectivity index (χ4n) is 3.43. The number of hydrogen-bond acceptors (Lipinski definition) is 5. The molecule has 0 spiro atoms. The lowest BCUT2D eigenvalue weighted by atomic mass is 9.99. The van der Waals surface area contributed by atoms with Crippen molar-refractivity contribution in [2.45, 2.75) is 45.8 Å². The molecule has 5 nitrogen and oxygen atoms in total. The molecule has 0 saturated carbocycles. The summed E-state index contributed by atoms with van der Waals surface area (Å²) < 4.78 is 10.8. The monoisotopic (exact) mass is 401 g/mol. The van der Waals surface area contributed by atoms with Gasteiger partial charge in [-0.05, 0) is 44.2 Å². The number of benzene rings is 1. The third-order valence-corrected chi connectivity index (χ3v) is 6.09. The number of esters is 1. The number of hydrogen-bond donors (Lipinski definition) is 0. The van der Waals surface area contributed by atoms with E-state index in [-0.39, 0.29) is 11.9 Å². The second kappa shape index (κ2) is 8.88. The van der Waals surface area contributed by atoms with Gasteiger partial charge in [0.1, 0.15) is 11.0 Å². The number of amides is 1. The van der Waals surface area contributed by atoms with E-state index in [4.69, 9.17) is 9.47 Å². The molecule has 0 aliphatic carbocycles. The number of anilines is 1. The van der Waals surface area contributed by atoms with Crippen molar-refractivity contribution >= 4 is 28.9 Å². The predicted molar refractivity (Wildman–Crippen MR) is 112 cm³/mol. The van der Waals surface area contributed by atoms with Gasteiger partial charge in [0.15, 0.2) is 0 Å². The number of carbonyl (C=O) groups is 2. The Hall–Kier alpha value is -2.18. The number of ether oxygens (including phenoxy) is 2. The molecule has 28 heavy (non-hydrogen) atoms. The van der Waals surface area contributed by atoms with Crippen LogP contribution in [0.1, 0.15) is 43.3 Å². The zero-order valence-electron chi connectivity index (χ0n) is 16.8. The van der Waals surface area contributed by atoms with Crippen molar-refractivity contribution < 1.29 is 19.1 Å². The van der Waals surface area contributed by atoms with Crippen LogP contribution >= 0.6 is 11.3 Å². The van der Waals surface area contributed by atoms with Crippen molar-refractivity contribution in [1.29, 1.82) is 0 Å². The molecule has 1 aliphatic heterocycles. The normalized spacial score (nSPS) is 19.5. The molecule has 1 fully saturated rings. The van der Waals surface area contributed by atoms with Crippen molar-refractivity contribution in [3.63, 3.8) is 0 Å². The van der Waals surface area contributed by atoms with Gasteiger partial charge in [0.25, 0.3) is 5.91 Å². The molecule has 150 valence electrons. The number of nitrogens with zero attached hydrogens (tertiary/aromatic N) is 1. The van der Waals surface area contributed by atoms with Gasteiger partial charge in [0.05, 0.1) is 19.4 Å². The summed E-state index contributed by atoms with van der Waals surface area (Å²) in [7, 11) is 1.36. The molecule has 2 heterocycles. The molecule has 0 N–H and O–H groups in total. The van der Waals surface area contributed by atoms with Gasteiger partial charge in [-0.2, -0.15) is 0 Å². The van der Waals surface area contributed by atoms with E-state index >= 15 is 0 Å². The Morgan fingerprint density at radius 1 is 1.21 bits per heavy atom. The topological polar surface area (TPSA) is 55.8 Å². The van der Waals surface area contributed by atoms with Gasteiger partial charge >= 0.3 is 5.97 Å². The minimum Gasteiger partial charge on any atom is -0.465 e. The zero-order chi connectivity index (χ0) is 20.3. The lowest BCUT2D eigenvalue weighted by Crippen LogP contribution is -2.46. The molecular formula is C22H27NO4S. The first kappa shape index (κ1) is 20.6. The fourth-order valence-corrected chi connectivity index (χ4v) is 4.50. The van der Waals surface area contributed by atoms with Crippen molar-refractivity contribution in [2.24, 2.45) is 5.92 Å². The Morgan fingerprint density at radius 3 is 2.50 bits per heavy atom. The largest absolute Gasteiger partial charge is 0.465 e. The molecule has 0 bridgehead atoms. The van der Waals surface area contributed by atoms with E-state index < -0.39 is 12.1 Å². The first-order valence-electron chi connectivity index (χ1n) is 9.64. The van der Waals surface area contributed by atoms with Crippen LogP contribution in [0.4, 0.5) is 5.69 Å². The summed E-state index contributed by atoms with van der Waals surface area (Å²) in [5.74, 6) is -0.0590. The third kappa shape index (κ3) is 4.28. The highest BCUT2D eigenvalue weighted by atomic mass is 32.1. The lowest BCUT2D eigenvalue weighted by molar-refractivity contribution is -0.134. The van der Waals surface area contributed by atoms with E-state index in [0.29, 0.717) is 29.5 Å². The standard InChI is InChI=1S/C22H27NO4S/c1-14(2)23(21(24)18-11-10-15(3)13-27-18)17-12-19(16-8-6-5-7-9-16)28-20(17)22(25)26-4/h5-9,12,14-15,18H,10-11,13H2,1-4H3/t15-,18+/m0/s1. The molecule has 1 amide bonds. The Balaban J connectivity index is 2.00. The second-order valence-electron chi connectivity index (χ2n) is 7.49. The van der Waals surface area contributed by atoms with Crippen LogP contribution in [0.2, 0.25) is 0 Å². The van der Waals surface area contributed by atoms with E-state index in [1.54, 1.807) is 4.90 Å². The third-order valence-electron chi connectivity index (χ3n) is 4.93. The molecule has 2 atom stereocenters. The summed E-state index contributed by atoms with van der Waals surface area (Å²) in [6.07, 6.45) is 1.20. The summed E-state index contributed by atoms with van der Waals surface area (Å²) in [4.78, 5) is 28.8. The summed E-state index contributed by atoms with van der Waals surface area (Å²) >= 11 is 1.35. The number of methoxy groups -OCH3 is 1. The molecule has 1 aromatic carbocycles. The second-order valence-corrected chi connectivity index (χ2v) is 8.54. The van der Waals surface area contributed by atoms with Crippen molar-refractivity contribution in [3.05, 3.63) is 41.3 Å². The van der Waals surface area contributed by atoms with E-state index in [2.05, 4.69) is 6.92 Å². The number of rotatable bonds is 5. The molecule has 0 unspecified atom stereocenters. The van der Waals surface area contributed by atoms with Gasteiger partial charge in [-0.3, -0.25) is 4.79 Å². The summed E-state index contributed by atoms with van der Waals surface area (Å²) in [5.41, 5.74) is 1.60. The maximum atomic E-state index is 13.3. The number of thiophene rings is 1. The summed E-state index contributed by atoms with van der Waals surface area (Å²) in [5, 5.41) is 0. The van der Waals surface area contributed by atoms with Crippen molar-refractivity contribution in [1.82, 2.24) is 0 Å². The lowest BCUT2D eigenvalue weighted by Gasteiger charge is -2.33. The average Bonchev–Trinajstić information content (AvgIpc) is 3.13. The van der Waals surface area contributed by atoms with Crippen LogP contribution in [0.5, 0.6) is 0 Å². The van der Waals surface area contributed by atoms with Crippen LogP contribution in [-0.4, -0.2) is 37.7 Å². The highest BCUT2D eigenvalue weighted by Crippen LogP contribution is 2.39. The molecule has 3 rings (SSSR count). The molecule has 1 saturated heterocycles. The van der Waals surface area contributed by atoms with Crippen LogP contribution in [0.3, 0.4) is 0 Å². The minimum absolute atomic E-state index is 0.0931. The highest BCUT2D eigenvalue weighted by molar-refractivity contribution is 7.18. The van der Waals surface area contributed by atoms with Crippen LogP contribution in [0.25, 0.3) is 10.4 Å². The van der Waals surface area contributed by atoms with Gasteiger partial charge in [0, 0.05) is 10.9 Å². The maximum Gasteiger partial charge on any atom is 0.350 e. The zero-order valence-corrected chi connectivity index (χ0v) is 17.6. The first-order chi connectivity index (χ1) is 13.4. The van der Waals surface area contributed by atoms with Crippen molar-refractivity contribution in [2.75, 3.05) is 18.6 Å². The van der Waals surface area contributed by atoms with Gasteiger partial charge in [-0.1, -0.05) is 37.3 Å². The Kier molecular flexibility index (Phi) is 6.52. The molecule has 1 aliphatic rings. The van der Waals surface area contributed by atoms with E-state index in [1.807, 2.05) is 50.2 Å². The molecule has 0 radical (unpaired) electrons. The Bertz CT molecular complexity index is 822. The molecule has 6 heteroatoms. The van der Waals surface area contributed by atoms with Gasteiger partial charge in [-0.15, -0.1) is 11.3 Å². The van der Waals surface area contributed by atoms with Crippen molar-refractivity contribution in [3.8, 4) is 10.4 Å². The summed E-state index contributed by atoms with van der Waals surface area (Å²) in [6, 6.07) is 11.6. The van der Waals surface area contributed by atoms with Crippen LogP contribution < -0.4 is 4.90 Å². The SMILES string of the molecule is COC(=O)c1sc(-c2ccccc2)cc1N(C(=O)[C@H]1CC[C@H](C)CO1)C(C)C. The van der Waals surface area contributed by atoms with Gasteiger partial charge in [-0.25, -0.2) is 4.79 Å². The van der Waals surface area contributed by atoms with E-state index in [1.165, 1.54) is 18.4 Å². The van der Waals surface area contributed by atoms with Crippen LogP contribution in [0.15, 0.2) is 36.4 Å². The summed E-state index contributed by atoms with van der Waals surface area (Å²) in [6.45, 7) is 6.61. The quantitative estimate of drug-likeness (QED) is 0.678. The molecule has 1 aromatic heterocycles. The average molecular weight is 402 g/mol. The number of carbonyl (C=O) groups excluding carboxylic acids is 2. The minimum atomic E-state index is -0.468. The van der Waals surface area contributed by atoms with Gasteiger partial charge < -0.3 is 14.4 Å². The first-order valence-corrected chi connectivity index (χ1v) is 10.5. The Labute approximate surface area is 170 Å². The highest BCUT2D eigenvalue weighted by Gasteiger charge is 2.34. The molecule has 2 aromatic rings. The van der Waals surface area contributed by atoms with E-state index in [9.17, 15) is 9.59 Å². The fraction of sp³-hybridized carbons (Fsp3) is 0.455. The van der Waals surface area contributed by atoms with Gasteiger partial charge in [0.2, 0.25) is 0 Å². The smallest absolute Gasteiger partial charge is 0.350 e. The maximum absolute atomic E-state index is 13.3. The Morgan fingerprint density at radius 2 is 1.93 bits per heavy atom. The van der Waals surface area contributed by atoms with Crippen LogP contribution in [-0.2, 0) is 14.3 Å². The van der Waals surface area contributed by atoms with E-state index in [0.717, 1.165) is 16.9 Å². The predicted octanol–water partition coefficient (Wildman–Crippen LogP) is 4.76.